The third-order valence-corrected chi connectivity index (χ3v) is 8.00. The average Bonchev–Trinajstić information content (AvgIpc) is 2.76. The zero-order valence-electron chi connectivity index (χ0n) is 17.8. The number of hydrogen-bond acceptors (Lipinski definition) is 6. The summed E-state index contributed by atoms with van der Waals surface area (Å²) in [6.07, 6.45) is 0.735. The molecule has 1 atom stereocenters. The number of sulfonamides is 1. The van der Waals surface area contributed by atoms with Crippen LogP contribution in [0.2, 0.25) is 5.02 Å². The predicted octanol–water partition coefficient (Wildman–Crippen LogP) is 3.61. The van der Waals surface area contributed by atoms with Gasteiger partial charge >= 0.3 is 5.97 Å². The first kappa shape index (κ1) is 23.9. The number of esters is 1. The van der Waals surface area contributed by atoms with E-state index in [2.05, 4.69) is 5.32 Å². The standard InChI is InChI=1S/C22H25ClN2O6S/c1-3-30-20(26)15-31-19-11-7-17(8-12-19)24-21(27)22(2)13-4-14-25(32(22,28)29)18-9-5-16(23)6-10-18/h5-12H,3-4,13-15H2,1-2H3,(H,24,27)/t22-/m0/s1. The van der Waals surface area contributed by atoms with Crippen LogP contribution in [0.3, 0.4) is 0 Å². The fourth-order valence-corrected chi connectivity index (χ4v) is 5.47. The number of rotatable bonds is 7. The quantitative estimate of drug-likeness (QED) is 0.607. The third kappa shape index (κ3) is 4.99. The van der Waals surface area contributed by atoms with Crippen LogP contribution in [0, 0.1) is 0 Å². The van der Waals surface area contributed by atoms with Crippen LogP contribution in [0.5, 0.6) is 5.75 Å². The Labute approximate surface area is 192 Å². The normalized spacial score (nSPS) is 19.8. The maximum absolute atomic E-state index is 13.4. The van der Waals surface area contributed by atoms with E-state index in [1.807, 2.05) is 0 Å². The Morgan fingerprint density at radius 2 is 1.78 bits per heavy atom. The second-order valence-corrected chi connectivity index (χ2v) is 10.2. The van der Waals surface area contributed by atoms with E-state index < -0.39 is 26.6 Å². The first-order valence-electron chi connectivity index (χ1n) is 10.1. The molecule has 1 N–H and O–H groups in total. The summed E-state index contributed by atoms with van der Waals surface area (Å²) in [7, 11) is -3.98. The number of amides is 1. The van der Waals surface area contributed by atoms with Crippen LogP contribution in [-0.4, -0.2) is 44.8 Å². The zero-order valence-corrected chi connectivity index (χ0v) is 19.4. The zero-order chi connectivity index (χ0) is 23.4. The molecular formula is C22H25ClN2O6S. The van der Waals surface area contributed by atoms with Gasteiger partial charge in [-0.2, -0.15) is 0 Å². The second kappa shape index (κ2) is 9.79. The van der Waals surface area contributed by atoms with Crippen molar-refractivity contribution in [1.29, 1.82) is 0 Å². The molecular weight excluding hydrogens is 456 g/mol. The molecule has 0 unspecified atom stereocenters. The topological polar surface area (TPSA) is 102 Å². The number of anilines is 2. The molecule has 1 heterocycles. The molecule has 8 nitrogen and oxygen atoms in total. The summed E-state index contributed by atoms with van der Waals surface area (Å²) in [6.45, 7) is 3.48. The Morgan fingerprint density at radius 1 is 1.12 bits per heavy atom. The molecule has 1 aliphatic rings. The molecule has 1 saturated heterocycles. The molecule has 1 aliphatic heterocycles. The van der Waals surface area contributed by atoms with E-state index in [9.17, 15) is 18.0 Å². The molecule has 0 radical (unpaired) electrons. The van der Waals surface area contributed by atoms with Crippen molar-refractivity contribution in [2.75, 3.05) is 29.4 Å². The van der Waals surface area contributed by atoms with Gasteiger partial charge in [-0.1, -0.05) is 11.6 Å². The fourth-order valence-electron chi connectivity index (χ4n) is 3.40. The van der Waals surface area contributed by atoms with Gasteiger partial charge in [-0.05, 0) is 75.2 Å². The highest BCUT2D eigenvalue weighted by Crippen LogP contribution is 2.36. The molecule has 1 fully saturated rings. The molecule has 0 bridgehead atoms. The summed E-state index contributed by atoms with van der Waals surface area (Å²) < 4.78 is 36.5. The molecule has 0 aliphatic carbocycles. The molecule has 0 aromatic heterocycles. The van der Waals surface area contributed by atoms with Gasteiger partial charge in [0.15, 0.2) is 11.4 Å². The minimum atomic E-state index is -3.98. The summed E-state index contributed by atoms with van der Waals surface area (Å²) in [5.41, 5.74) is 0.884. The number of nitrogens with one attached hydrogen (secondary N) is 1. The molecule has 2 aromatic rings. The van der Waals surface area contributed by atoms with E-state index in [0.717, 1.165) is 0 Å². The Bertz CT molecular complexity index is 1070. The van der Waals surface area contributed by atoms with Gasteiger partial charge in [-0.25, -0.2) is 13.2 Å². The van der Waals surface area contributed by atoms with Crippen molar-refractivity contribution in [3.63, 3.8) is 0 Å². The van der Waals surface area contributed by atoms with Gasteiger partial charge in [-0.3, -0.25) is 9.10 Å². The molecule has 1 amide bonds. The number of halogens is 1. The van der Waals surface area contributed by atoms with Crippen LogP contribution in [0.25, 0.3) is 0 Å². The maximum Gasteiger partial charge on any atom is 0.344 e. The largest absolute Gasteiger partial charge is 0.482 e. The molecule has 2 aromatic carbocycles. The highest BCUT2D eigenvalue weighted by atomic mass is 35.5. The van der Waals surface area contributed by atoms with Gasteiger partial charge in [0.1, 0.15) is 5.75 Å². The summed E-state index contributed by atoms with van der Waals surface area (Å²) in [5.74, 6) is -0.677. The minimum Gasteiger partial charge on any atom is -0.482 e. The van der Waals surface area contributed by atoms with E-state index >= 15 is 0 Å². The van der Waals surface area contributed by atoms with Crippen LogP contribution >= 0.6 is 11.6 Å². The summed E-state index contributed by atoms with van der Waals surface area (Å²) in [4.78, 5) is 24.5. The predicted molar refractivity (Wildman–Crippen MR) is 123 cm³/mol. The van der Waals surface area contributed by atoms with Gasteiger partial charge in [0.2, 0.25) is 15.9 Å². The smallest absolute Gasteiger partial charge is 0.344 e. The van der Waals surface area contributed by atoms with Crippen LogP contribution in [-0.2, 0) is 24.3 Å². The summed E-state index contributed by atoms with van der Waals surface area (Å²) in [5, 5.41) is 3.19. The van der Waals surface area contributed by atoms with Crippen LogP contribution < -0.4 is 14.4 Å². The van der Waals surface area contributed by atoms with Crippen molar-refractivity contribution in [2.45, 2.75) is 31.4 Å². The Kier molecular flexibility index (Phi) is 7.30. The number of hydrogen-bond donors (Lipinski definition) is 1. The lowest BCUT2D eigenvalue weighted by Crippen LogP contribution is -2.57. The van der Waals surface area contributed by atoms with E-state index in [-0.39, 0.29) is 19.6 Å². The van der Waals surface area contributed by atoms with Crippen LogP contribution in [0.4, 0.5) is 11.4 Å². The number of benzene rings is 2. The second-order valence-electron chi connectivity index (χ2n) is 7.46. The monoisotopic (exact) mass is 480 g/mol. The van der Waals surface area contributed by atoms with Crippen molar-refractivity contribution in [2.24, 2.45) is 0 Å². The van der Waals surface area contributed by atoms with Gasteiger partial charge in [0.05, 0.1) is 12.3 Å². The van der Waals surface area contributed by atoms with Crippen LogP contribution in [0.15, 0.2) is 48.5 Å². The molecule has 172 valence electrons. The molecule has 0 spiro atoms. The first-order chi connectivity index (χ1) is 15.2. The lowest BCUT2D eigenvalue weighted by molar-refractivity contribution is -0.145. The number of carbonyl (C=O) groups is 2. The SMILES string of the molecule is CCOC(=O)COc1ccc(NC(=O)[C@]2(C)CCCN(c3ccc(Cl)cc3)S2(=O)=O)cc1. The van der Waals surface area contributed by atoms with E-state index in [4.69, 9.17) is 21.1 Å². The summed E-state index contributed by atoms with van der Waals surface area (Å²) >= 11 is 5.91. The van der Waals surface area contributed by atoms with E-state index in [1.54, 1.807) is 55.5 Å². The summed E-state index contributed by atoms with van der Waals surface area (Å²) in [6, 6.07) is 12.8. The van der Waals surface area contributed by atoms with Gasteiger partial charge < -0.3 is 14.8 Å². The minimum absolute atomic E-state index is 0.200. The van der Waals surface area contributed by atoms with Crippen molar-refractivity contribution in [3.8, 4) is 5.75 Å². The van der Waals surface area contributed by atoms with Crippen LogP contribution in [0.1, 0.15) is 26.7 Å². The van der Waals surface area contributed by atoms with Gasteiger partial charge in [-0.15, -0.1) is 0 Å². The lowest BCUT2D eigenvalue weighted by atomic mass is 10.0. The van der Waals surface area contributed by atoms with E-state index in [0.29, 0.717) is 35.1 Å². The maximum atomic E-state index is 13.4. The van der Waals surface area contributed by atoms with Crippen molar-refractivity contribution in [3.05, 3.63) is 53.6 Å². The molecule has 32 heavy (non-hydrogen) atoms. The Morgan fingerprint density at radius 3 is 2.41 bits per heavy atom. The number of ether oxygens (including phenoxy) is 2. The first-order valence-corrected chi connectivity index (χ1v) is 12.0. The van der Waals surface area contributed by atoms with Gasteiger partial charge in [0, 0.05) is 17.3 Å². The third-order valence-electron chi connectivity index (χ3n) is 5.24. The number of nitrogens with zero attached hydrogens (tertiary/aromatic N) is 1. The average molecular weight is 481 g/mol. The van der Waals surface area contributed by atoms with Crippen molar-refractivity contribution < 1.29 is 27.5 Å². The Balaban J connectivity index is 1.72. The Hall–Kier alpha value is -2.78. The highest BCUT2D eigenvalue weighted by Gasteiger charge is 2.52. The molecule has 0 saturated carbocycles. The fraction of sp³-hybridized carbons (Fsp3) is 0.364. The van der Waals surface area contributed by atoms with Crippen molar-refractivity contribution in [1.82, 2.24) is 0 Å². The molecule has 10 heteroatoms. The van der Waals surface area contributed by atoms with Crippen molar-refractivity contribution >= 4 is 44.9 Å². The van der Waals surface area contributed by atoms with Gasteiger partial charge in [0.25, 0.3) is 0 Å². The highest BCUT2D eigenvalue weighted by molar-refractivity contribution is 7.95. The molecule has 3 rings (SSSR count). The number of carbonyl (C=O) groups excluding carboxylic acids is 2. The lowest BCUT2D eigenvalue weighted by Gasteiger charge is -2.39. The van der Waals surface area contributed by atoms with E-state index in [1.165, 1.54) is 11.2 Å².